The summed E-state index contributed by atoms with van der Waals surface area (Å²) in [6, 6.07) is 24.6. The van der Waals surface area contributed by atoms with Gasteiger partial charge in [0.2, 0.25) is 11.0 Å². The Morgan fingerprint density at radius 2 is 1.41 bits per heavy atom. The van der Waals surface area contributed by atoms with E-state index in [1.54, 1.807) is 12.1 Å². The third kappa shape index (κ3) is 5.55. The maximum Gasteiger partial charge on any atom is 0.251 e. The number of nitrogens with one attached hydrogen (secondary N) is 2. The molecule has 0 aliphatic carbocycles. The van der Waals surface area contributed by atoms with Crippen LogP contribution in [-0.4, -0.2) is 28.1 Å². The summed E-state index contributed by atoms with van der Waals surface area (Å²) in [5.74, 6) is -0.737. The lowest BCUT2D eigenvalue weighted by Gasteiger charge is -2.21. The van der Waals surface area contributed by atoms with Crippen LogP contribution < -0.4 is 10.6 Å². The van der Waals surface area contributed by atoms with Crippen LogP contribution in [0.25, 0.3) is 21.7 Å². The molecule has 1 heterocycles. The van der Waals surface area contributed by atoms with Gasteiger partial charge in [0.1, 0.15) is 11.0 Å². The second kappa shape index (κ2) is 10.4. The molecule has 34 heavy (non-hydrogen) atoms. The number of carbonyl (C=O) groups excluding carboxylic acids is 2. The first-order valence-corrected chi connectivity index (χ1v) is 11.9. The highest BCUT2D eigenvalue weighted by Gasteiger charge is 2.26. The number of hydrogen-bond donors (Lipinski definition) is 2. The predicted molar refractivity (Wildman–Crippen MR) is 137 cm³/mol. The molecule has 172 valence electrons. The lowest BCUT2D eigenvalue weighted by Crippen LogP contribution is -2.47. The lowest BCUT2D eigenvalue weighted by molar-refractivity contribution is -0.118. The molecule has 2 amide bonds. The average Bonchev–Trinajstić information content (AvgIpc) is 3.31. The van der Waals surface area contributed by atoms with Crippen molar-refractivity contribution in [1.29, 1.82) is 0 Å². The molecular weight excluding hydrogens is 444 g/mol. The Kier molecular flexibility index (Phi) is 7.13. The third-order valence-electron chi connectivity index (χ3n) is 5.44. The molecule has 6 nitrogen and oxygen atoms in total. The van der Waals surface area contributed by atoms with E-state index >= 15 is 0 Å². The number of hydrogen-bond acceptors (Lipinski definition) is 5. The Labute approximate surface area is 203 Å². The molecule has 4 aromatic rings. The van der Waals surface area contributed by atoms with E-state index < -0.39 is 6.04 Å². The van der Waals surface area contributed by atoms with E-state index in [0.717, 1.165) is 27.3 Å². The topological polar surface area (TPSA) is 84.0 Å². The van der Waals surface area contributed by atoms with Gasteiger partial charge < -0.3 is 5.32 Å². The van der Waals surface area contributed by atoms with Crippen LogP contribution in [0.3, 0.4) is 0 Å². The van der Waals surface area contributed by atoms with Crippen molar-refractivity contribution in [2.45, 2.75) is 26.8 Å². The minimum atomic E-state index is -0.715. The van der Waals surface area contributed by atoms with Gasteiger partial charge in [0.25, 0.3) is 5.91 Å². The van der Waals surface area contributed by atoms with E-state index in [-0.39, 0.29) is 17.7 Å². The molecule has 0 saturated heterocycles. The fourth-order valence-electron chi connectivity index (χ4n) is 3.47. The maximum atomic E-state index is 13.0. The van der Waals surface area contributed by atoms with Crippen molar-refractivity contribution in [3.8, 4) is 21.7 Å². The van der Waals surface area contributed by atoms with Gasteiger partial charge in [0.05, 0.1) is 0 Å². The van der Waals surface area contributed by atoms with Crippen molar-refractivity contribution >= 4 is 28.3 Å². The molecule has 0 aliphatic heterocycles. The zero-order valence-corrected chi connectivity index (χ0v) is 20.1. The number of benzene rings is 3. The second-order valence-electron chi connectivity index (χ2n) is 8.41. The minimum Gasteiger partial charge on any atom is -0.340 e. The predicted octanol–water partition coefficient (Wildman–Crippen LogP) is 5.57. The molecule has 0 aliphatic rings. The number of amides is 2. The first-order chi connectivity index (χ1) is 16.4. The fourth-order valence-corrected chi connectivity index (χ4v) is 4.23. The first kappa shape index (κ1) is 23.3. The van der Waals surface area contributed by atoms with Crippen molar-refractivity contribution < 1.29 is 9.59 Å². The van der Waals surface area contributed by atoms with Gasteiger partial charge in [-0.3, -0.25) is 14.9 Å². The first-order valence-electron chi connectivity index (χ1n) is 11.1. The molecule has 3 aromatic carbocycles. The third-order valence-corrected chi connectivity index (χ3v) is 6.33. The quantitative estimate of drug-likeness (QED) is 0.370. The molecule has 1 unspecified atom stereocenters. The van der Waals surface area contributed by atoms with Crippen molar-refractivity contribution in [3.63, 3.8) is 0 Å². The number of aromatic nitrogens is 2. The van der Waals surface area contributed by atoms with Crippen LogP contribution in [0.2, 0.25) is 0 Å². The van der Waals surface area contributed by atoms with Crippen LogP contribution in [0, 0.1) is 12.8 Å². The Balaban J connectivity index is 1.42. The highest BCUT2D eigenvalue weighted by atomic mass is 32.1. The molecule has 0 fully saturated rings. The summed E-state index contributed by atoms with van der Waals surface area (Å²) in [6.07, 6.45) is 0. The van der Waals surface area contributed by atoms with E-state index in [1.165, 1.54) is 11.3 Å². The van der Waals surface area contributed by atoms with Crippen LogP contribution in [0.4, 0.5) is 5.13 Å². The van der Waals surface area contributed by atoms with Gasteiger partial charge in [-0.05, 0) is 36.1 Å². The Morgan fingerprint density at radius 3 is 2.06 bits per heavy atom. The molecule has 0 bridgehead atoms. The largest absolute Gasteiger partial charge is 0.340 e. The number of anilines is 1. The Hall–Kier alpha value is -3.84. The summed E-state index contributed by atoms with van der Waals surface area (Å²) in [6.45, 7) is 5.80. The van der Waals surface area contributed by atoms with Gasteiger partial charge in [-0.2, -0.15) is 0 Å². The average molecular weight is 471 g/mol. The van der Waals surface area contributed by atoms with Gasteiger partial charge in [-0.1, -0.05) is 97.5 Å². The molecule has 1 atom stereocenters. The lowest BCUT2D eigenvalue weighted by atomic mass is 10.0. The molecule has 4 rings (SSSR count). The summed E-state index contributed by atoms with van der Waals surface area (Å²) in [7, 11) is 0. The van der Waals surface area contributed by atoms with Gasteiger partial charge in [-0.15, -0.1) is 10.2 Å². The van der Waals surface area contributed by atoms with Gasteiger partial charge in [-0.25, -0.2) is 0 Å². The molecule has 0 spiro atoms. The van der Waals surface area contributed by atoms with Crippen molar-refractivity contribution in [2.24, 2.45) is 5.92 Å². The smallest absolute Gasteiger partial charge is 0.251 e. The standard InChI is InChI=1S/C27H26N4O2S/c1-17(2)23(25(33)29-27-31-30-26(34-27)22-11-9-18(3)10-12-22)28-24(32)21-15-13-20(14-16-21)19-7-5-4-6-8-19/h4-17,23H,1-3H3,(H,28,32)(H,29,31,33). The zero-order chi connectivity index (χ0) is 24.1. The molecular formula is C27H26N4O2S. The zero-order valence-electron chi connectivity index (χ0n) is 19.3. The fraction of sp³-hybridized carbons (Fsp3) is 0.185. The molecule has 1 aromatic heterocycles. The van der Waals surface area contributed by atoms with Crippen LogP contribution in [-0.2, 0) is 4.79 Å². The van der Waals surface area contributed by atoms with Crippen molar-refractivity contribution in [2.75, 3.05) is 5.32 Å². The second-order valence-corrected chi connectivity index (χ2v) is 9.38. The van der Waals surface area contributed by atoms with E-state index in [1.807, 2.05) is 87.5 Å². The van der Waals surface area contributed by atoms with Crippen LogP contribution in [0.15, 0.2) is 78.9 Å². The highest BCUT2D eigenvalue weighted by molar-refractivity contribution is 7.18. The maximum absolute atomic E-state index is 13.0. The number of aryl methyl sites for hydroxylation is 1. The van der Waals surface area contributed by atoms with Crippen LogP contribution in [0.5, 0.6) is 0 Å². The Morgan fingerprint density at radius 1 is 0.794 bits per heavy atom. The number of nitrogens with zero attached hydrogens (tertiary/aromatic N) is 2. The van der Waals surface area contributed by atoms with E-state index in [4.69, 9.17) is 0 Å². The van der Waals surface area contributed by atoms with Crippen LogP contribution in [0.1, 0.15) is 29.8 Å². The normalized spacial score (nSPS) is 11.8. The van der Waals surface area contributed by atoms with Crippen molar-refractivity contribution in [1.82, 2.24) is 15.5 Å². The Bertz CT molecular complexity index is 1270. The molecule has 7 heteroatoms. The minimum absolute atomic E-state index is 0.114. The molecule has 2 N–H and O–H groups in total. The molecule has 0 saturated carbocycles. The van der Waals surface area contributed by atoms with E-state index in [0.29, 0.717) is 10.7 Å². The summed E-state index contributed by atoms with van der Waals surface area (Å²) >= 11 is 1.30. The van der Waals surface area contributed by atoms with E-state index in [9.17, 15) is 9.59 Å². The number of carbonyl (C=O) groups is 2. The van der Waals surface area contributed by atoms with Crippen molar-refractivity contribution in [3.05, 3.63) is 90.0 Å². The summed E-state index contributed by atoms with van der Waals surface area (Å²) < 4.78 is 0. The van der Waals surface area contributed by atoms with Gasteiger partial charge >= 0.3 is 0 Å². The van der Waals surface area contributed by atoms with Gasteiger partial charge in [0.15, 0.2) is 0 Å². The highest BCUT2D eigenvalue weighted by Crippen LogP contribution is 2.27. The molecule has 0 radical (unpaired) electrons. The summed E-state index contributed by atoms with van der Waals surface area (Å²) in [4.78, 5) is 25.8. The SMILES string of the molecule is Cc1ccc(-c2nnc(NC(=O)C(NC(=O)c3ccc(-c4ccccc4)cc3)C(C)C)s2)cc1. The number of rotatable bonds is 7. The summed E-state index contributed by atoms with van der Waals surface area (Å²) in [5.41, 5.74) is 4.70. The monoisotopic (exact) mass is 470 g/mol. The van der Waals surface area contributed by atoms with Gasteiger partial charge in [0, 0.05) is 11.1 Å². The van der Waals surface area contributed by atoms with E-state index in [2.05, 4.69) is 20.8 Å². The summed E-state index contributed by atoms with van der Waals surface area (Å²) in [5, 5.41) is 15.1. The van der Waals surface area contributed by atoms with Crippen LogP contribution >= 0.6 is 11.3 Å².